The van der Waals surface area contributed by atoms with Crippen molar-refractivity contribution >= 4 is 24.3 Å². The lowest BCUT2D eigenvalue weighted by Gasteiger charge is -2.22. The number of nitrogens with zero attached hydrogens (tertiary/aromatic N) is 2. The number of nitrogens with one attached hydrogen (secondary N) is 1. The fraction of sp³-hybridized carbons (Fsp3) is 0.600. The maximum absolute atomic E-state index is 12.6. The highest BCUT2D eigenvalue weighted by Gasteiger charge is 2.40. The van der Waals surface area contributed by atoms with Crippen LogP contribution in [0.15, 0.2) is 12.1 Å². The Balaban J connectivity index is 0.000000956. The largest absolute Gasteiger partial charge is 0.775 e. The molecule has 0 radical (unpaired) electrons. The predicted molar refractivity (Wildman–Crippen MR) is 96.2 cm³/mol. The molecule has 0 spiro atoms. The topological polar surface area (TPSA) is 140 Å². The van der Waals surface area contributed by atoms with Crippen molar-refractivity contribution in [3.8, 4) is 0 Å². The molecule has 166 valence electrons. The van der Waals surface area contributed by atoms with Crippen LogP contribution in [0, 0.1) is 20.2 Å². The summed E-state index contributed by atoms with van der Waals surface area (Å²) < 4.78 is 53.9. The third-order valence-electron chi connectivity index (χ3n) is 3.86. The standard InChI is InChI=1S/C9H8F3N2O7P.C6H15N/c1-2-21-22(19,20)8-6(13(15)16)3-5(9(10,11)12)4-7(8)14(17)18;1-4-7(5-2)6-3/h3-4H,2H2,1H3,(H,19,20);4-6H2,1-3H3. The van der Waals surface area contributed by atoms with E-state index in [2.05, 4.69) is 25.3 Å². The summed E-state index contributed by atoms with van der Waals surface area (Å²) in [5.74, 6) is 0. The predicted octanol–water partition coefficient (Wildman–Crippen LogP) is 1.67. The number of hydrogen-bond donors (Lipinski definition) is 1. The first-order valence-corrected chi connectivity index (χ1v) is 10.1. The summed E-state index contributed by atoms with van der Waals surface area (Å²) in [6.45, 7) is 11.2. The highest BCUT2D eigenvalue weighted by atomic mass is 31.2. The molecule has 0 bridgehead atoms. The summed E-state index contributed by atoms with van der Waals surface area (Å²) in [6.07, 6.45) is -5.13. The highest BCUT2D eigenvalue weighted by Crippen LogP contribution is 2.45. The Morgan fingerprint density at radius 2 is 1.38 bits per heavy atom. The monoisotopic (exact) mass is 445 g/mol. The van der Waals surface area contributed by atoms with Gasteiger partial charge in [0.25, 0.3) is 11.4 Å². The molecule has 0 saturated heterocycles. The molecule has 0 aromatic heterocycles. The lowest BCUT2D eigenvalue weighted by Crippen LogP contribution is -3.11. The van der Waals surface area contributed by atoms with E-state index in [9.17, 15) is 42.9 Å². The molecule has 0 amide bonds. The van der Waals surface area contributed by atoms with E-state index in [1.54, 1.807) is 4.90 Å². The lowest BCUT2D eigenvalue weighted by molar-refractivity contribution is -0.894. The molecule has 29 heavy (non-hydrogen) atoms. The van der Waals surface area contributed by atoms with Gasteiger partial charge in [0.1, 0.15) is 0 Å². The van der Waals surface area contributed by atoms with Gasteiger partial charge in [0.05, 0.1) is 41.7 Å². The third kappa shape index (κ3) is 7.69. The van der Waals surface area contributed by atoms with Gasteiger partial charge in [-0.25, -0.2) is 0 Å². The molecule has 1 unspecified atom stereocenters. The van der Waals surface area contributed by atoms with Crippen molar-refractivity contribution < 1.29 is 41.9 Å². The van der Waals surface area contributed by atoms with Crippen LogP contribution in [0.5, 0.6) is 0 Å². The Kier molecular flexibility index (Phi) is 10.4. The molecule has 0 aliphatic rings. The fourth-order valence-electron chi connectivity index (χ4n) is 2.31. The zero-order chi connectivity index (χ0) is 23.0. The fourth-order valence-corrected chi connectivity index (χ4v) is 3.63. The second-order valence-electron chi connectivity index (χ2n) is 5.60. The van der Waals surface area contributed by atoms with E-state index in [4.69, 9.17) is 0 Å². The number of alkyl halides is 3. The number of nitro groups is 2. The molecule has 1 aromatic carbocycles. The Hall–Kier alpha value is -2.08. The normalized spacial score (nSPS) is 13.4. The van der Waals surface area contributed by atoms with Gasteiger partial charge in [0, 0.05) is 12.1 Å². The number of hydrogen-bond acceptors (Lipinski definition) is 7. The first kappa shape index (κ1) is 26.9. The van der Waals surface area contributed by atoms with Crippen molar-refractivity contribution in [1.82, 2.24) is 0 Å². The van der Waals surface area contributed by atoms with Crippen LogP contribution in [0.25, 0.3) is 0 Å². The van der Waals surface area contributed by atoms with Gasteiger partial charge in [-0.05, 0) is 27.7 Å². The van der Waals surface area contributed by atoms with Crippen LogP contribution >= 0.6 is 7.60 Å². The Morgan fingerprint density at radius 3 is 1.59 bits per heavy atom. The highest BCUT2D eigenvalue weighted by molar-refractivity contribution is 7.60. The molecular formula is C15H23F3N3O7P. The summed E-state index contributed by atoms with van der Waals surface area (Å²) in [6, 6.07) is -0.183. The first-order valence-electron chi connectivity index (χ1n) is 8.60. The van der Waals surface area contributed by atoms with Gasteiger partial charge in [-0.2, -0.15) is 13.2 Å². The molecule has 0 aliphatic heterocycles. The molecule has 1 N–H and O–H groups in total. The van der Waals surface area contributed by atoms with Crippen LogP contribution in [0.2, 0.25) is 0 Å². The van der Waals surface area contributed by atoms with E-state index in [0.717, 1.165) is 0 Å². The average molecular weight is 445 g/mol. The van der Waals surface area contributed by atoms with E-state index >= 15 is 0 Å². The SMILES string of the molecule is CCOP(=O)([O-])c1c([N+](=O)[O-])cc(C(F)(F)F)cc1[N+](=O)[O-].CC[NH+](CC)CC. The lowest BCUT2D eigenvalue weighted by atomic mass is 10.1. The van der Waals surface area contributed by atoms with Gasteiger partial charge in [-0.15, -0.1) is 0 Å². The Morgan fingerprint density at radius 1 is 1.00 bits per heavy atom. The molecule has 0 aliphatic carbocycles. The Bertz CT molecular complexity index is 729. The minimum atomic E-state index is -5.30. The zero-order valence-corrected chi connectivity index (χ0v) is 17.2. The van der Waals surface area contributed by atoms with Crippen LogP contribution in [0.1, 0.15) is 33.3 Å². The second-order valence-corrected chi connectivity index (χ2v) is 7.30. The minimum Gasteiger partial charge on any atom is -0.775 e. The number of quaternary nitrogens is 1. The van der Waals surface area contributed by atoms with Gasteiger partial charge >= 0.3 is 6.18 Å². The van der Waals surface area contributed by atoms with Crippen molar-refractivity contribution in [1.29, 1.82) is 0 Å². The van der Waals surface area contributed by atoms with E-state index in [-0.39, 0.29) is 12.1 Å². The smallest absolute Gasteiger partial charge is 0.416 e. The minimum absolute atomic E-state index is 0.0914. The van der Waals surface area contributed by atoms with Crippen molar-refractivity contribution in [2.75, 3.05) is 26.2 Å². The summed E-state index contributed by atoms with van der Waals surface area (Å²) >= 11 is 0. The second kappa shape index (κ2) is 11.2. The summed E-state index contributed by atoms with van der Waals surface area (Å²) in [4.78, 5) is 32.2. The van der Waals surface area contributed by atoms with Gasteiger partial charge in [-0.1, -0.05) is 0 Å². The van der Waals surface area contributed by atoms with Gasteiger partial charge in [-0.3, -0.25) is 20.2 Å². The van der Waals surface area contributed by atoms with Crippen LogP contribution < -0.4 is 15.1 Å². The molecule has 0 saturated carbocycles. The zero-order valence-electron chi connectivity index (χ0n) is 16.3. The van der Waals surface area contributed by atoms with Crippen molar-refractivity contribution in [3.05, 3.63) is 37.9 Å². The van der Waals surface area contributed by atoms with E-state index in [1.165, 1.54) is 26.6 Å². The number of benzene rings is 1. The molecule has 1 rings (SSSR count). The van der Waals surface area contributed by atoms with Gasteiger partial charge < -0.3 is 18.9 Å². The van der Waals surface area contributed by atoms with Gasteiger partial charge in [0.15, 0.2) is 12.9 Å². The molecular weight excluding hydrogens is 422 g/mol. The van der Waals surface area contributed by atoms with Crippen molar-refractivity contribution in [3.63, 3.8) is 0 Å². The first-order chi connectivity index (χ1) is 13.3. The van der Waals surface area contributed by atoms with E-state index in [0.29, 0.717) is 0 Å². The summed E-state index contributed by atoms with van der Waals surface area (Å²) in [5, 5.41) is 20.2. The van der Waals surface area contributed by atoms with Crippen LogP contribution in [0.3, 0.4) is 0 Å². The van der Waals surface area contributed by atoms with Crippen LogP contribution in [-0.2, 0) is 15.3 Å². The van der Waals surface area contributed by atoms with E-state index in [1.807, 2.05) is 0 Å². The molecule has 14 heteroatoms. The van der Waals surface area contributed by atoms with Crippen molar-refractivity contribution in [2.45, 2.75) is 33.9 Å². The summed E-state index contributed by atoms with van der Waals surface area (Å²) in [5.41, 5.74) is -4.87. The quantitative estimate of drug-likeness (QED) is 0.365. The van der Waals surface area contributed by atoms with E-state index < -0.39 is 52.5 Å². The Labute approximate surface area is 165 Å². The van der Waals surface area contributed by atoms with Crippen LogP contribution in [-0.4, -0.2) is 36.1 Å². The van der Waals surface area contributed by atoms with Crippen molar-refractivity contribution in [2.24, 2.45) is 0 Å². The molecule has 1 aromatic rings. The summed E-state index contributed by atoms with van der Waals surface area (Å²) in [7, 11) is -5.30. The van der Waals surface area contributed by atoms with Crippen LogP contribution in [0.4, 0.5) is 24.5 Å². The molecule has 0 heterocycles. The average Bonchev–Trinajstić information content (AvgIpc) is 2.61. The van der Waals surface area contributed by atoms with Gasteiger partial charge in [0.2, 0.25) is 0 Å². The molecule has 0 fully saturated rings. The maximum atomic E-state index is 12.6. The third-order valence-corrected chi connectivity index (χ3v) is 5.47. The maximum Gasteiger partial charge on any atom is 0.416 e. The number of rotatable bonds is 8. The number of nitro benzene ring substituents is 2. The molecule has 10 nitrogen and oxygen atoms in total. The number of halogens is 3. The molecule has 1 atom stereocenters.